The van der Waals surface area contributed by atoms with Gasteiger partial charge in [-0.15, -0.1) is 0 Å². The average molecular weight is 296 g/mol. The van der Waals surface area contributed by atoms with Gasteiger partial charge in [0.05, 0.1) is 37.7 Å². The van der Waals surface area contributed by atoms with Crippen LogP contribution in [0.1, 0.15) is 33.6 Å². The van der Waals surface area contributed by atoms with Gasteiger partial charge in [-0.3, -0.25) is 0 Å². The van der Waals surface area contributed by atoms with Crippen molar-refractivity contribution in [3.63, 3.8) is 0 Å². The average Bonchev–Trinajstić information content (AvgIpc) is 2.27. The molecule has 2 saturated heterocycles. The van der Waals surface area contributed by atoms with Crippen molar-refractivity contribution in [2.24, 2.45) is 11.3 Å². The molecule has 0 radical (unpaired) electrons. The topological polar surface area (TPSA) is 34.1 Å². The summed E-state index contributed by atoms with van der Waals surface area (Å²) < 4.78 is 24.1. The molecule has 0 amide bonds. The van der Waals surface area contributed by atoms with E-state index >= 15 is 0 Å². The highest BCUT2D eigenvalue weighted by atomic mass is 35.5. The van der Waals surface area contributed by atoms with E-state index in [4.69, 9.17) is 0 Å². The van der Waals surface area contributed by atoms with Crippen LogP contribution in [0, 0.1) is 11.3 Å². The first-order valence-electron chi connectivity index (χ1n) is 6.83. The minimum Gasteiger partial charge on any atom is -1.00 e. The van der Waals surface area contributed by atoms with Gasteiger partial charge in [0, 0.05) is 12.8 Å². The van der Waals surface area contributed by atoms with Crippen molar-refractivity contribution in [1.82, 2.24) is 0 Å². The molecule has 0 bridgehead atoms. The first-order chi connectivity index (χ1) is 7.77. The van der Waals surface area contributed by atoms with E-state index in [-0.39, 0.29) is 12.4 Å². The summed E-state index contributed by atoms with van der Waals surface area (Å²) in [5.74, 6) is 1.55. The van der Waals surface area contributed by atoms with Crippen molar-refractivity contribution >= 4 is 9.84 Å². The maximum Gasteiger partial charge on any atom is 0.161 e. The number of hydrogen-bond acceptors (Lipinski definition) is 2. The Morgan fingerprint density at radius 3 is 1.83 bits per heavy atom. The maximum atomic E-state index is 11.5. The lowest BCUT2D eigenvalue weighted by atomic mass is 9.71. The molecule has 0 aromatic carbocycles. The molecule has 2 heterocycles. The predicted molar refractivity (Wildman–Crippen MR) is 70.6 cm³/mol. The minimum atomic E-state index is -2.72. The fourth-order valence-electron chi connectivity index (χ4n) is 3.13. The number of halogens is 1. The van der Waals surface area contributed by atoms with E-state index in [1.807, 2.05) is 0 Å². The van der Waals surface area contributed by atoms with Gasteiger partial charge in [0.15, 0.2) is 9.84 Å². The van der Waals surface area contributed by atoms with Gasteiger partial charge in [-0.2, -0.15) is 0 Å². The third kappa shape index (κ3) is 3.20. The van der Waals surface area contributed by atoms with E-state index in [1.165, 1.54) is 25.9 Å². The van der Waals surface area contributed by atoms with Gasteiger partial charge in [0.25, 0.3) is 0 Å². The number of sulfone groups is 1. The molecule has 2 aliphatic rings. The Labute approximate surface area is 118 Å². The van der Waals surface area contributed by atoms with E-state index in [1.54, 1.807) is 0 Å². The molecule has 0 atom stereocenters. The highest BCUT2D eigenvalue weighted by Crippen LogP contribution is 2.40. The van der Waals surface area contributed by atoms with Gasteiger partial charge >= 0.3 is 0 Å². The lowest BCUT2D eigenvalue weighted by Gasteiger charge is -2.50. The maximum absolute atomic E-state index is 11.5. The number of nitrogens with zero attached hydrogens (tertiary/aromatic N) is 1. The molecule has 0 unspecified atom stereocenters. The largest absolute Gasteiger partial charge is 1.00 e. The first-order valence-corrected chi connectivity index (χ1v) is 8.65. The summed E-state index contributed by atoms with van der Waals surface area (Å²) in [7, 11) is -2.72. The molecule has 1 spiro atoms. The molecule has 18 heavy (non-hydrogen) atoms. The molecule has 3 nitrogen and oxygen atoms in total. The van der Waals surface area contributed by atoms with Crippen LogP contribution in [-0.4, -0.2) is 50.6 Å². The molecule has 0 N–H and O–H groups in total. The summed E-state index contributed by atoms with van der Waals surface area (Å²) in [5, 5.41) is 0. The normalized spacial score (nSPS) is 28.9. The van der Waals surface area contributed by atoms with Crippen LogP contribution in [0.2, 0.25) is 0 Å². The molecule has 0 aromatic rings. The van der Waals surface area contributed by atoms with Gasteiger partial charge in [-0.25, -0.2) is 8.42 Å². The van der Waals surface area contributed by atoms with Crippen molar-refractivity contribution < 1.29 is 25.3 Å². The van der Waals surface area contributed by atoms with Crippen LogP contribution in [0.4, 0.5) is 0 Å². The van der Waals surface area contributed by atoms with Crippen LogP contribution in [0.25, 0.3) is 0 Å². The third-order valence-corrected chi connectivity index (χ3v) is 7.07. The minimum absolute atomic E-state index is 0. The zero-order chi connectivity index (χ0) is 12.7. The molecule has 0 aromatic heterocycles. The molecule has 108 valence electrons. The number of quaternary nitrogens is 1. The lowest BCUT2D eigenvalue weighted by molar-refractivity contribution is -0.931. The zero-order valence-electron chi connectivity index (χ0n) is 11.8. The SMILES string of the molecule is CC(C)C1(C)CC[N+]2(CC1)CCS(=O)(=O)CC2.[Cl-]. The fourth-order valence-corrected chi connectivity index (χ4v) is 4.66. The molecule has 5 heteroatoms. The second kappa shape index (κ2) is 5.29. The third-order valence-electron chi connectivity index (χ3n) is 5.46. The van der Waals surface area contributed by atoms with E-state index in [0.29, 0.717) is 16.9 Å². The smallest absolute Gasteiger partial charge is 0.161 e. The Balaban J connectivity index is 0.00000162. The Morgan fingerprint density at radius 2 is 1.44 bits per heavy atom. The molecule has 2 fully saturated rings. The van der Waals surface area contributed by atoms with Crippen LogP contribution < -0.4 is 12.4 Å². The first kappa shape index (κ1) is 16.3. The van der Waals surface area contributed by atoms with Crippen molar-refractivity contribution in [2.75, 3.05) is 37.7 Å². The van der Waals surface area contributed by atoms with Gasteiger partial charge in [0.2, 0.25) is 0 Å². The molecule has 0 aliphatic carbocycles. The summed E-state index contributed by atoms with van der Waals surface area (Å²) in [6.45, 7) is 11.1. The van der Waals surface area contributed by atoms with Crippen LogP contribution in [-0.2, 0) is 9.84 Å². The van der Waals surface area contributed by atoms with Gasteiger partial charge in [-0.1, -0.05) is 20.8 Å². The van der Waals surface area contributed by atoms with E-state index in [2.05, 4.69) is 20.8 Å². The van der Waals surface area contributed by atoms with E-state index in [9.17, 15) is 8.42 Å². The molecule has 0 saturated carbocycles. The van der Waals surface area contributed by atoms with E-state index in [0.717, 1.165) is 23.5 Å². The van der Waals surface area contributed by atoms with Crippen molar-refractivity contribution in [2.45, 2.75) is 33.6 Å². The quantitative estimate of drug-likeness (QED) is 0.563. The zero-order valence-corrected chi connectivity index (χ0v) is 13.4. The van der Waals surface area contributed by atoms with Crippen molar-refractivity contribution in [1.29, 1.82) is 0 Å². The van der Waals surface area contributed by atoms with E-state index < -0.39 is 9.84 Å². The van der Waals surface area contributed by atoms with Crippen LogP contribution in [0.5, 0.6) is 0 Å². The summed E-state index contributed by atoms with van der Waals surface area (Å²) in [5.41, 5.74) is 0.472. The Bertz CT molecular complexity index is 368. The lowest BCUT2D eigenvalue weighted by Crippen LogP contribution is -3.00. The summed E-state index contributed by atoms with van der Waals surface area (Å²) in [6, 6.07) is 0. The second-order valence-electron chi connectivity index (χ2n) is 6.70. The van der Waals surface area contributed by atoms with Gasteiger partial charge in [0.1, 0.15) is 0 Å². The fraction of sp³-hybridized carbons (Fsp3) is 1.00. The van der Waals surface area contributed by atoms with Gasteiger partial charge in [-0.05, 0) is 11.3 Å². The number of hydrogen-bond donors (Lipinski definition) is 0. The Kier molecular flexibility index (Phi) is 4.78. The monoisotopic (exact) mass is 295 g/mol. The standard InChI is InChI=1S/C13H26NO2S.ClH/c1-12(2)13(3)4-6-14(7-5-13)8-10-17(15,16)11-9-14;/h12H,4-11H2,1-3H3;1H/q+1;/p-1. The predicted octanol–water partition coefficient (Wildman–Crippen LogP) is -1.31. The van der Waals surface area contributed by atoms with Crippen LogP contribution in [0.3, 0.4) is 0 Å². The van der Waals surface area contributed by atoms with Crippen LogP contribution >= 0.6 is 0 Å². The van der Waals surface area contributed by atoms with Crippen molar-refractivity contribution in [3.8, 4) is 0 Å². The number of rotatable bonds is 1. The molecular weight excluding hydrogens is 270 g/mol. The molecular formula is C13H26ClNO2S. The number of piperidine rings is 1. The van der Waals surface area contributed by atoms with Crippen molar-refractivity contribution in [3.05, 3.63) is 0 Å². The highest BCUT2D eigenvalue weighted by molar-refractivity contribution is 7.91. The Morgan fingerprint density at radius 1 is 1.00 bits per heavy atom. The van der Waals surface area contributed by atoms with Gasteiger partial charge < -0.3 is 16.9 Å². The highest BCUT2D eigenvalue weighted by Gasteiger charge is 2.44. The second-order valence-corrected chi connectivity index (χ2v) is 9.00. The molecule has 2 rings (SSSR count). The molecule has 2 aliphatic heterocycles. The Hall–Kier alpha value is 0.200. The summed E-state index contributed by atoms with van der Waals surface area (Å²) in [6.07, 6.45) is 2.51. The van der Waals surface area contributed by atoms with Crippen LogP contribution in [0.15, 0.2) is 0 Å². The summed E-state index contributed by atoms with van der Waals surface area (Å²) in [4.78, 5) is 0. The summed E-state index contributed by atoms with van der Waals surface area (Å²) >= 11 is 0.